The number of fused-ring (bicyclic) bond motifs is 1. The van der Waals surface area contributed by atoms with Crippen LogP contribution in [0.1, 0.15) is 42.6 Å². The molecule has 1 heterocycles. The van der Waals surface area contributed by atoms with Gasteiger partial charge in [-0.2, -0.15) is 5.48 Å². The van der Waals surface area contributed by atoms with Gasteiger partial charge in [-0.1, -0.05) is 43.5 Å². The van der Waals surface area contributed by atoms with E-state index in [1.165, 1.54) is 6.42 Å². The van der Waals surface area contributed by atoms with Crippen LogP contribution in [0.5, 0.6) is 0 Å². The van der Waals surface area contributed by atoms with E-state index in [0.29, 0.717) is 0 Å². The maximum absolute atomic E-state index is 12.0. The number of hydrogen-bond donors (Lipinski definition) is 1. The first kappa shape index (κ1) is 14.5. The summed E-state index contributed by atoms with van der Waals surface area (Å²) in [5, 5.41) is 0.949. The van der Waals surface area contributed by atoms with Crippen molar-refractivity contribution in [3.05, 3.63) is 42.1 Å². The van der Waals surface area contributed by atoms with Crippen LogP contribution in [0.3, 0.4) is 0 Å². The van der Waals surface area contributed by atoms with Gasteiger partial charge in [-0.05, 0) is 25.0 Å². The molecule has 2 aromatic rings. The number of nitrogens with one attached hydrogen (secondary N) is 1. The number of carbonyl (C=O) groups is 2. The predicted octanol–water partition coefficient (Wildman–Crippen LogP) is 3.00. The smallest absolute Gasteiger partial charge is 0.334 e. The largest absolute Gasteiger partial charge is 0.381 e. The number of hydrogen-bond acceptors (Lipinski definition) is 4. The monoisotopic (exact) mass is 298 g/mol. The summed E-state index contributed by atoms with van der Waals surface area (Å²) in [5.41, 5.74) is 3.17. The van der Waals surface area contributed by atoms with E-state index < -0.39 is 5.97 Å². The van der Waals surface area contributed by atoms with Crippen LogP contribution in [0.15, 0.2) is 36.4 Å². The fourth-order valence-electron chi connectivity index (χ4n) is 2.78. The molecule has 22 heavy (non-hydrogen) atoms. The number of nitrogens with zero attached hydrogens (tertiary/aromatic N) is 1. The van der Waals surface area contributed by atoms with Crippen LogP contribution >= 0.6 is 0 Å². The van der Waals surface area contributed by atoms with E-state index in [-0.39, 0.29) is 17.5 Å². The molecule has 114 valence electrons. The summed E-state index contributed by atoms with van der Waals surface area (Å²) in [6.07, 6.45) is 5.00. The lowest BCUT2D eigenvalue weighted by atomic mass is 9.89. The lowest BCUT2D eigenvalue weighted by molar-refractivity contribution is -0.135. The van der Waals surface area contributed by atoms with E-state index in [0.717, 1.165) is 36.6 Å². The van der Waals surface area contributed by atoms with Crippen molar-refractivity contribution >= 4 is 22.8 Å². The Morgan fingerprint density at radius 2 is 1.82 bits per heavy atom. The second-order valence-electron chi connectivity index (χ2n) is 5.58. The first-order chi connectivity index (χ1) is 10.7. The molecule has 1 fully saturated rings. The van der Waals surface area contributed by atoms with Crippen molar-refractivity contribution in [2.75, 3.05) is 0 Å². The van der Waals surface area contributed by atoms with Crippen LogP contribution in [0.4, 0.5) is 0 Å². The van der Waals surface area contributed by atoms with E-state index in [2.05, 4.69) is 10.5 Å². The average molecular weight is 298 g/mol. The minimum absolute atomic E-state index is 0.0499. The fraction of sp³-hybridized carbons (Fsp3) is 0.353. The molecule has 5 heteroatoms. The van der Waals surface area contributed by atoms with Crippen LogP contribution in [0.25, 0.3) is 10.9 Å². The van der Waals surface area contributed by atoms with Crippen molar-refractivity contribution in [2.45, 2.75) is 32.1 Å². The van der Waals surface area contributed by atoms with Gasteiger partial charge in [0.1, 0.15) is 0 Å². The fourth-order valence-corrected chi connectivity index (χ4v) is 2.78. The Labute approximate surface area is 128 Å². The van der Waals surface area contributed by atoms with Crippen LogP contribution in [-0.2, 0) is 9.63 Å². The summed E-state index contributed by atoms with van der Waals surface area (Å²) in [4.78, 5) is 33.0. The molecular weight excluding hydrogens is 280 g/mol. The van der Waals surface area contributed by atoms with Crippen molar-refractivity contribution in [3.8, 4) is 0 Å². The standard InChI is InChI=1S/C17H18N2O3/c20-16(13-7-2-1-3-8-13)19-22-17(21)15-11-10-12-6-4-5-9-14(12)18-15/h4-6,9-11,13H,1-3,7-8H2,(H,19,20). The molecule has 0 atom stereocenters. The molecule has 0 bridgehead atoms. The molecule has 1 aromatic carbocycles. The average Bonchev–Trinajstić information content (AvgIpc) is 2.59. The molecule has 1 aliphatic carbocycles. The molecule has 1 amide bonds. The summed E-state index contributed by atoms with van der Waals surface area (Å²) >= 11 is 0. The van der Waals surface area contributed by atoms with Crippen molar-refractivity contribution in [1.82, 2.24) is 10.5 Å². The highest BCUT2D eigenvalue weighted by Gasteiger charge is 2.22. The molecular formula is C17H18N2O3. The summed E-state index contributed by atoms with van der Waals surface area (Å²) in [5.74, 6) is -0.908. The molecule has 1 aliphatic rings. The Kier molecular flexibility index (Phi) is 4.32. The van der Waals surface area contributed by atoms with Gasteiger partial charge in [0.2, 0.25) is 0 Å². The predicted molar refractivity (Wildman–Crippen MR) is 81.9 cm³/mol. The SMILES string of the molecule is O=C(ONC(=O)C1CCCCC1)c1ccc2ccccc2n1. The number of para-hydroxylation sites is 1. The Morgan fingerprint density at radius 3 is 2.64 bits per heavy atom. The van der Waals surface area contributed by atoms with Crippen molar-refractivity contribution in [3.63, 3.8) is 0 Å². The van der Waals surface area contributed by atoms with Crippen molar-refractivity contribution in [1.29, 1.82) is 0 Å². The lowest BCUT2D eigenvalue weighted by Crippen LogP contribution is -2.34. The van der Waals surface area contributed by atoms with E-state index in [4.69, 9.17) is 4.84 Å². The Bertz CT molecular complexity index is 693. The second-order valence-corrected chi connectivity index (χ2v) is 5.58. The minimum atomic E-state index is -0.644. The molecule has 0 aliphatic heterocycles. The summed E-state index contributed by atoms with van der Waals surface area (Å²) in [7, 11) is 0. The molecule has 5 nitrogen and oxygen atoms in total. The lowest BCUT2D eigenvalue weighted by Gasteiger charge is -2.19. The van der Waals surface area contributed by atoms with Gasteiger partial charge in [-0.3, -0.25) is 4.79 Å². The highest BCUT2D eigenvalue weighted by Crippen LogP contribution is 2.23. The zero-order valence-electron chi connectivity index (χ0n) is 12.2. The first-order valence-electron chi connectivity index (χ1n) is 7.61. The molecule has 0 saturated heterocycles. The summed E-state index contributed by atoms with van der Waals surface area (Å²) < 4.78 is 0. The third-order valence-electron chi connectivity index (χ3n) is 4.03. The van der Waals surface area contributed by atoms with Gasteiger partial charge >= 0.3 is 5.97 Å². The summed E-state index contributed by atoms with van der Waals surface area (Å²) in [6.45, 7) is 0. The minimum Gasteiger partial charge on any atom is -0.334 e. The summed E-state index contributed by atoms with van der Waals surface area (Å²) in [6, 6.07) is 10.9. The van der Waals surface area contributed by atoms with E-state index in [9.17, 15) is 9.59 Å². The number of hydroxylamine groups is 1. The number of rotatable bonds is 2. The number of carbonyl (C=O) groups excluding carboxylic acids is 2. The Hall–Kier alpha value is -2.43. The van der Waals surface area contributed by atoms with Gasteiger partial charge in [-0.25, -0.2) is 9.78 Å². The van der Waals surface area contributed by atoms with Gasteiger partial charge in [0, 0.05) is 11.3 Å². The van der Waals surface area contributed by atoms with Gasteiger partial charge in [0.05, 0.1) is 5.52 Å². The van der Waals surface area contributed by atoms with Crippen LogP contribution in [0, 0.1) is 5.92 Å². The highest BCUT2D eigenvalue weighted by molar-refractivity contribution is 5.91. The third kappa shape index (κ3) is 3.24. The zero-order valence-corrected chi connectivity index (χ0v) is 12.2. The molecule has 0 unspecified atom stereocenters. The molecule has 1 saturated carbocycles. The number of pyridine rings is 1. The topological polar surface area (TPSA) is 68.3 Å². The van der Waals surface area contributed by atoms with Crippen LogP contribution < -0.4 is 5.48 Å². The zero-order chi connectivity index (χ0) is 15.4. The third-order valence-corrected chi connectivity index (χ3v) is 4.03. The molecule has 1 N–H and O–H groups in total. The van der Waals surface area contributed by atoms with Gasteiger partial charge in [0.15, 0.2) is 5.69 Å². The maximum Gasteiger partial charge on any atom is 0.381 e. The van der Waals surface area contributed by atoms with E-state index >= 15 is 0 Å². The quantitative estimate of drug-likeness (QED) is 0.865. The highest BCUT2D eigenvalue weighted by atomic mass is 16.7. The number of aromatic nitrogens is 1. The van der Waals surface area contributed by atoms with Crippen LogP contribution in [0.2, 0.25) is 0 Å². The number of amides is 1. The van der Waals surface area contributed by atoms with Crippen molar-refractivity contribution in [2.24, 2.45) is 5.92 Å². The molecule has 0 radical (unpaired) electrons. The van der Waals surface area contributed by atoms with E-state index in [1.807, 2.05) is 30.3 Å². The molecule has 1 aromatic heterocycles. The van der Waals surface area contributed by atoms with Gasteiger partial charge in [0.25, 0.3) is 5.91 Å². The Morgan fingerprint density at radius 1 is 1.05 bits per heavy atom. The molecule has 3 rings (SSSR count). The van der Waals surface area contributed by atoms with E-state index in [1.54, 1.807) is 6.07 Å². The normalized spacial score (nSPS) is 15.5. The molecule has 0 spiro atoms. The van der Waals surface area contributed by atoms with Crippen LogP contribution in [-0.4, -0.2) is 16.9 Å². The number of benzene rings is 1. The maximum atomic E-state index is 12.0. The first-order valence-corrected chi connectivity index (χ1v) is 7.61. The van der Waals surface area contributed by atoms with Gasteiger partial charge in [-0.15, -0.1) is 0 Å². The second kappa shape index (κ2) is 6.56. The van der Waals surface area contributed by atoms with Gasteiger partial charge < -0.3 is 4.84 Å². The Balaban J connectivity index is 1.61. The van der Waals surface area contributed by atoms with Crippen molar-refractivity contribution < 1.29 is 14.4 Å².